The molecule has 0 unspecified atom stereocenters. The SMILES string of the molecule is CCCNC(=O)c1cc(Cl)ccc1I. The second-order valence-corrected chi connectivity index (χ2v) is 4.48. The van der Waals surface area contributed by atoms with Gasteiger partial charge in [0.05, 0.1) is 5.56 Å². The normalized spacial score (nSPS) is 9.93. The predicted molar refractivity (Wildman–Crippen MR) is 66.8 cm³/mol. The van der Waals surface area contributed by atoms with Crippen LogP contribution in [0.3, 0.4) is 0 Å². The third-order valence-corrected chi connectivity index (χ3v) is 2.88. The quantitative estimate of drug-likeness (QED) is 0.851. The van der Waals surface area contributed by atoms with E-state index in [4.69, 9.17) is 11.6 Å². The smallest absolute Gasteiger partial charge is 0.252 e. The third kappa shape index (κ3) is 3.13. The van der Waals surface area contributed by atoms with Gasteiger partial charge >= 0.3 is 0 Å². The molecular formula is C10H11ClINO. The number of hydrogen-bond acceptors (Lipinski definition) is 1. The lowest BCUT2D eigenvalue weighted by Gasteiger charge is -2.05. The summed E-state index contributed by atoms with van der Waals surface area (Å²) in [5, 5.41) is 3.40. The van der Waals surface area contributed by atoms with Crippen molar-refractivity contribution in [2.75, 3.05) is 6.54 Å². The maximum atomic E-state index is 11.6. The average molecular weight is 324 g/mol. The van der Waals surface area contributed by atoms with E-state index < -0.39 is 0 Å². The molecule has 0 fully saturated rings. The van der Waals surface area contributed by atoms with E-state index in [-0.39, 0.29) is 5.91 Å². The zero-order chi connectivity index (χ0) is 10.6. The van der Waals surface area contributed by atoms with Crippen molar-refractivity contribution in [3.8, 4) is 0 Å². The molecule has 0 atom stereocenters. The van der Waals surface area contributed by atoms with Crippen molar-refractivity contribution in [2.24, 2.45) is 0 Å². The number of benzene rings is 1. The van der Waals surface area contributed by atoms with Gasteiger partial charge < -0.3 is 5.32 Å². The largest absolute Gasteiger partial charge is 0.352 e. The van der Waals surface area contributed by atoms with Crippen molar-refractivity contribution in [1.82, 2.24) is 5.32 Å². The van der Waals surface area contributed by atoms with Gasteiger partial charge in [0.2, 0.25) is 0 Å². The molecule has 1 N–H and O–H groups in total. The van der Waals surface area contributed by atoms with Crippen molar-refractivity contribution in [1.29, 1.82) is 0 Å². The highest BCUT2D eigenvalue weighted by Crippen LogP contribution is 2.17. The van der Waals surface area contributed by atoms with Crippen molar-refractivity contribution >= 4 is 40.1 Å². The van der Waals surface area contributed by atoms with E-state index in [9.17, 15) is 4.79 Å². The average Bonchev–Trinajstić information content (AvgIpc) is 2.18. The minimum Gasteiger partial charge on any atom is -0.352 e. The first-order chi connectivity index (χ1) is 6.65. The van der Waals surface area contributed by atoms with Gasteiger partial charge in [0, 0.05) is 15.1 Å². The van der Waals surface area contributed by atoms with Crippen LogP contribution < -0.4 is 5.32 Å². The van der Waals surface area contributed by atoms with Crippen molar-refractivity contribution in [2.45, 2.75) is 13.3 Å². The Morgan fingerprint density at radius 1 is 1.57 bits per heavy atom. The summed E-state index contributed by atoms with van der Waals surface area (Å²) >= 11 is 7.94. The Bertz CT molecular complexity index is 341. The Labute approximate surface area is 102 Å². The Hall–Kier alpha value is -0.290. The highest BCUT2D eigenvalue weighted by molar-refractivity contribution is 14.1. The van der Waals surface area contributed by atoms with Gasteiger partial charge in [-0.1, -0.05) is 18.5 Å². The molecule has 0 saturated carbocycles. The third-order valence-electron chi connectivity index (χ3n) is 1.71. The molecule has 0 saturated heterocycles. The van der Waals surface area contributed by atoms with Crippen LogP contribution in [0.5, 0.6) is 0 Å². The van der Waals surface area contributed by atoms with Crippen LogP contribution in [0, 0.1) is 3.57 Å². The zero-order valence-corrected chi connectivity index (χ0v) is 10.7. The standard InChI is InChI=1S/C10H11ClINO/c1-2-5-13-10(14)8-6-7(11)3-4-9(8)12/h3-4,6H,2,5H2,1H3,(H,13,14). The second-order valence-electron chi connectivity index (χ2n) is 2.88. The summed E-state index contributed by atoms with van der Waals surface area (Å²) in [7, 11) is 0. The number of carbonyl (C=O) groups is 1. The Kier molecular flexibility index (Phi) is 4.68. The molecule has 0 aromatic heterocycles. The molecule has 0 spiro atoms. The van der Waals surface area contributed by atoms with E-state index in [1.54, 1.807) is 12.1 Å². The molecule has 0 aliphatic rings. The Morgan fingerprint density at radius 3 is 2.93 bits per heavy atom. The van der Waals surface area contributed by atoms with Crippen LogP contribution in [0.4, 0.5) is 0 Å². The maximum Gasteiger partial charge on any atom is 0.252 e. The van der Waals surface area contributed by atoms with E-state index in [1.165, 1.54) is 0 Å². The summed E-state index contributed by atoms with van der Waals surface area (Å²) in [5.41, 5.74) is 0.645. The molecule has 0 aliphatic carbocycles. The number of amides is 1. The summed E-state index contributed by atoms with van der Waals surface area (Å²) in [4.78, 5) is 11.6. The lowest BCUT2D eigenvalue weighted by atomic mass is 10.2. The van der Waals surface area contributed by atoms with Gasteiger partial charge in [0.1, 0.15) is 0 Å². The zero-order valence-electron chi connectivity index (χ0n) is 7.81. The molecule has 14 heavy (non-hydrogen) atoms. The van der Waals surface area contributed by atoms with Crippen LogP contribution in [0.15, 0.2) is 18.2 Å². The molecule has 1 aromatic carbocycles. The van der Waals surface area contributed by atoms with Crippen LogP contribution in [-0.2, 0) is 0 Å². The molecule has 76 valence electrons. The molecule has 0 radical (unpaired) electrons. The van der Waals surface area contributed by atoms with Gasteiger partial charge in [-0.15, -0.1) is 0 Å². The molecule has 0 bridgehead atoms. The predicted octanol–water partition coefficient (Wildman–Crippen LogP) is 3.08. The summed E-state index contributed by atoms with van der Waals surface area (Å²) in [5.74, 6) is -0.0567. The van der Waals surface area contributed by atoms with E-state index in [0.29, 0.717) is 17.1 Å². The van der Waals surface area contributed by atoms with Crippen molar-refractivity contribution in [3.63, 3.8) is 0 Å². The molecule has 0 heterocycles. The summed E-state index contributed by atoms with van der Waals surface area (Å²) in [6.45, 7) is 2.71. The number of nitrogens with one attached hydrogen (secondary N) is 1. The molecule has 1 rings (SSSR count). The molecular weight excluding hydrogens is 312 g/mol. The summed E-state index contributed by atoms with van der Waals surface area (Å²) in [6, 6.07) is 5.30. The van der Waals surface area contributed by atoms with Crippen molar-refractivity contribution in [3.05, 3.63) is 32.4 Å². The fraction of sp³-hybridized carbons (Fsp3) is 0.300. The number of carbonyl (C=O) groups excluding carboxylic acids is 1. The fourth-order valence-corrected chi connectivity index (χ4v) is 1.76. The van der Waals surface area contributed by atoms with Gasteiger partial charge in [0.15, 0.2) is 0 Å². The van der Waals surface area contributed by atoms with Gasteiger partial charge in [0.25, 0.3) is 5.91 Å². The van der Waals surface area contributed by atoms with Crippen LogP contribution in [-0.4, -0.2) is 12.5 Å². The van der Waals surface area contributed by atoms with E-state index >= 15 is 0 Å². The van der Waals surface area contributed by atoms with Crippen LogP contribution in [0.25, 0.3) is 0 Å². The van der Waals surface area contributed by atoms with E-state index in [1.807, 2.05) is 13.0 Å². The Balaban J connectivity index is 2.83. The van der Waals surface area contributed by atoms with Crippen LogP contribution in [0.2, 0.25) is 5.02 Å². The number of rotatable bonds is 3. The monoisotopic (exact) mass is 323 g/mol. The van der Waals surface area contributed by atoms with Gasteiger partial charge in [-0.05, 0) is 47.2 Å². The first-order valence-corrected chi connectivity index (χ1v) is 5.84. The summed E-state index contributed by atoms with van der Waals surface area (Å²) < 4.78 is 0.917. The topological polar surface area (TPSA) is 29.1 Å². The summed E-state index contributed by atoms with van der Waals surface area (Å²) in [6.07, 6.45) is 0.933. The van der Waals surface area contributed by atoms with Gasteiger partial charge in [-0.2, -0.15) is 0 Å². The number of halogens is 2. The molecule has 0 aliphatic heterocycles. The Morgan fingerprint density at radius 2 is 2.29 bits per heavy atom. The number of hydrogen-bond donors (Lipinski definition) is 1. The first-order valence-electron chi connectivity index (χ1n) is 4.38. The second kappa shape index (κ2) is 5.56. The lowest BCUT2D eigenvalue weighted by molar-refractivity contribution is 0.0953. The van der Waals surface area contributed by atoms with Crippen molar-refractivity contribution < 1.29 is 4.79 Å². The first kappa shape index (κ1) is 11.8. The highest BCUT2D eigenvalue weighted by atomic mass is 127. The minimum atomic E-state index is -0.0567. The fourth-order valence-electron chi connectivity index (χ4n) is 1.01. The highest BCUT2D eigenvalue weighted by Gasteiger charge is 2.09. The maximum absolute atomic E-state index is 11.6. The molecule has 2 nitrogen and oxygen atoms in total. The molecule has 1 amide bonds. The van der Waals surface area contributed by atoms with Crippen LogP contribution in [0.1, 0.15) is 23.7 Å². The van der Waals surface area contributed by atoms with Gasteiger partial charge in [-0.25, -0.2) is 0 Å². The van der Waals surface area contributed by atoms with Crippen LogP contribution >= 0.6 is 34.2 Å². The van der Waals surface area contributed by atoms with Gasteiger partial charge in [-0.3, -0.25) is 4.79 Å². The molecule has 4 heteroatoms. The van der Waals surface area contributed by atoms with E-state index in [2.05, 4.69) is 27.9 Å². The lowest BCUT2D eigenvalue weighted by Crippen LogP contribution is -2.24. The molecule has 1 aromatic rings. The van der Waals surface area contributed by atoms with E-state index in [0.717, 1.165) is 9.99 Å². The minimum absolute atomic E-state index is 0.0567.